The van der Waals surface area contributed by atoms with E-state index in [0.29, 0.717) is 17.8 Å². The van der Waals surface area contributed by atoms with Crippen molar-refractivity contribution in [1.82, 2.24) is 19.7 Å². The average molecular weight is 526 g/mol. The van der Waals surface area contributed by atoms with E-state index in [0.717, 1.165) is 54.6 Å². The summed E-state index contributed by atoms with van der Waals surface area (Å²) in [5.74, 6) is 0.514. The minimum absolute atomic E-state index is 0.172. The lowest BCUT2D eigenvalue weighted by molar-refractivity contribution is 0.0958. The normalized spacial score (nSPS) is 13.1. The molecule has 1 aliphatic heterocycles. The van der Waals surface area contributed by atoms with Gasteiger partial charge in [-0.25, -0.2) is 9.97 Å². The second-order valence-electron chi connectivity index (χ2n) is 9.41. The van der Waals surface area contributed by atoms with E-state index >= 15 is 0 Å². The number of aryl methyl sites for hydroxylation is 1. The number of hydrogen-bond acceptors (Lipinski definition) is 6. The topological polar surface area (TPSA) is 72.7 Å². The minimum Gasteiger partial charge on any atom is -0.343 e. The van der Waals surface area contributed by atoms with Gasteiger partial charge in [-0.05, 0) is 42.3 Å². The maximum Gasteiger partial charge on any atom is 0.280 e. The van der Waals surface area contributed by atoms with Gasteiger partial charge in [0, 0.05) is 29.4 Å². The van der Waals surface area contributed by atoms with Gasteiger partial charge in [0.25, 0.3) is 5.91 Å². The van der Waals surface area contributed by atoms with Gasteiger partial charge >= 0.3 is 0 Å². The molecule has 0 unspecified atom stereocenters. The Balaban J connectivity index is 1.45. The lowest BCUT2D eigenvalue weighted by Gasteiger charge is -2.23. The molecule has 0 saturated heterocycles. The van der Waals surface area contributed by atoms with E-state index in [1.807, 2.05) is 85.8 Å². The molecule has 39 heavy (non-hydrogen) atoms. The SMILES string of the molecule is Cc1nc2ccc(C3=C(Nc4ccccn4)Cc4c(-c5ccccc5)c(-c5ccccc5)nn4C3=O)cc2s1. The number of hydrogen-bond donors (Lipinski definition) is 1. The molecule has 0 atom stereocenters. The molecule has 4 heterocycles. The summed E-state index contributed by atoms with van der Waals surface area (Å²) in [4.78, 5) is 23.4. The molecule has 0 fully saturated rings. The van der Waals surface area contributed by atoms with Gasteiger partial charge in [0.1, 0.15) is 11.5 Å². The number of allylic oxidation sites excluding steroid dienone is 2. The van der Waals surface area contributed by atoms with E-state index in [4.69, 9.17) is 5.10 Å². The summed E-state index contributed by atoms with van der Waals surface area (Å²) in [5, 5.41) is 9.41. The van der Waals surface area contributed by atoms with Gasteiger partial charge in [-0.3, -0.25) is 4.79 Å². The third-order valence-corrected chi connectivity index (χ3v) is 7.80. The summed E-state index contributed by atoms with van der Waals surface area (Å²) in [7, 11) is 0. The molecule has 7 rings (SSSR count). The van der Waals surface area contributed by atoms with Crippen LogP contribution < -0.4 is 5.32 Å². The van der Waals surface area contributed by atoms with Crippen LogP contribution in [0.4, 0.5) is 5.82 Å². The monoisotopic (exact) mass is 525 g/mol. The number of anilines is 1. The Morgan fingerprint density at radius 1 is 0.846 bits per heavy atom. The number of benzene rings is 3. The molecule has 188 valence electrons. The first-order valence-electron chi connectivity index (χ1n) is 12.7. The summed E-state index contributed by atoms with van der Waals surface area (Å²) in [5.41, 5.74) is 7.73. The lowest BCUT2D eigenvalue weighted by Crippen LogP contribution is -2.26. The molecular weight excluding hydrogens is 502 g/mol. The van der Waals surface area contributed by atoms with Gasteiger partial charge in [0.15, 0.2) is 0 Å². The zero-order valence-corrected chi connectivity index (χ0v) is 21.9. The molecule has 0 aliphatic carbocycles. The second-order valence-corrected chi connectivity index (χ2v) is 10.6. The zero-order valence-electron chi connectivity index (χ0n) is 21.1. The van der Waals surface area contributed by atoms with Crippen LogP contribution in [0, 0.1) is 6.92 Å². The summed E-state index contributed by atoms with van der Waals surface area (Å²) in [6.45, 7) is 2.00. The first-order chi connectivity index (χ1) is 19.2. The number of fused-ring (bicyclic) bond motifs is 2. The van der Waals surface area contributed by atoms with Crippen molar-refractivity contribution >= 4 is 38.9 Å². The molecule has 0 radical (unpaired) electrons. The Labute approximate surface area is 229 Å². The number of rotatable bonds is 5. The molecule has 1 N–H and O–H groups in total. The van der Waals surface area contributed by atoms with E-state index in [9.17, 15) is 4.79 Å². The average Bonchev–Trinajstić information content (AvgIpc) is 3.54. The molecule has 0 bridgehead atoms. The van der Waals surface area contributed by atoms with E-state index in [1.54, 1.807) is 22.2 Å². The van der Waals surface area contributed by atoms with E-state index in [-0.39, 0.29) is 5.91 Å². The van der Waals surface area contributed by atoms with Crippen LogP contribution in [0.25, 0.3) is 38.2 Å². The van der Waals surface area contributed by atoms with Crippen LogP contribution in [0.5, 0.6) is 0 Å². The maximum atomic E-state index is 14.4. The Morgan fingerprint density at radius 2 is 1.59 bits per heavy atom. The molecule has 0 spiro atoms. The zero-order chi connectivity index (χ0) is 26.3. The van der Waals surface area contributed by atoms with E-state index in [2.05, 4.69) is 33.5 Å². The Bertz CT molecular complexity index is 1870. The van der Waals surface area contributed by atoms with Crippen LogP contribution in [0.15, 0.2) is 109 Å². The number of aromatic nitrogens is 4. The highest BCUT2D eigenvalue weighted by atomic mass is 32.1. The highest BCUT2D eigenvalue weighted by Crippen LogP contribution is 2.40. The molecule has 3 aromatic carbocycles. The van der Waals surface area contributed by atoms with Gasteiger partial charge in [0.05, 0.1) is 26.5 Å². The Hall–Kier alpha value is -4.88. The molecule has 1 aliphatic rings. The third kappa shape index (κ3) is 4.13. The molecule has 0 amide bonds. The van der Waals surface area contributed by atoms with Crippen molar-refractivity contribution in [2.24, 2.45) is 0 Å². The van der Waals surface area contributed by atoms with Crippen molar-refractivity contribution in [2.45, 2.75) is 13.3 Å². The van der Waals surface area contributed by atoms with Crippen molar-refractivity contribution < 1.29 is 4.79 Å². The standard InChI is InChI=1S/C32H23N5OS/c1-20-34-24-16-15-23(18-27(24)39-20)29-25(35-28-14-8-9-17-33-28)19-26-30(21-10-4-2-5-11-21)31(36-37(26)32(29)38)22-12-6-3-7-13-22/h2-18H,19H2,1H3,(H,33,35). The van der Waals surface area contributed by atoms with Crippen LogP contribution in [-0.2, 0) is 6.42 Å². The number of pyridine rings is 1. The van der Waals surface area contributed by atoms with E-state index < -0.39 is 0 Å². The molecule has 6 aromatic rings. The number of nitrogens with zero attached hydrogens (tertiary/aromatic N) is 4. The highest BCUT2D eigenvalue weighted by molar-refractivity contribution is 7.18. The maximum absolute atomic E-state index is 14.4. The summed E-state index contributed by atoms with van der Waals surface area (Å²) in [6.07, 6.45) is 2.23. The molecule has 0 saturated carbocycles. The smallest absolute Gasteiger partial charge is 0.280 e. The molecule has 6 nitrogen and oxygen atoms in total. The van der Waals surface area contributed by atoms with Crippen LogP contribution in [0.3, 0.4) is 0 Å². The van der Waals surface area contributed by atoms with Gasteiger partial charge in [0.2, 0.25) is 0 Å². The van der Waals surface area contributed by atoms with Gasteiger partial charge < -0.3 is 5.32 Å². The van der Waals surface area contributed by atoms with Crippen molar-refractivity contribution in [3.8, 4) is 22.4 Å². The highest BCUT2D eigenvalue weighted by Gasteiger charge is 2.33. The van der Waals surface area contributed by atoms with Crippen molar-refractivity contribution in [3.05, 3.63) is 125 Å². The van der Waals surface area contributed by atoms with Crippen LogP contribution in [0.2, 0.25) is 0 Å². The molecule has 3 aromatic heterocycles. The summed E-state index contributed by atoms with van der Waals surface area (Å²) < 4.78 is 2.63. The summed E-state index contributed by atoms with van der Waals surface area (Å²) in [6, 6.07) is 31.9. The largest absolute Gasteiger partial charge is 0.343 e. The predicted molar refractivity (Wildman–Crippen MR) is 157 cm³/mol. The Kier molecular flexibility index (Phi) is 5.64. The number of carbonyl (C=O) groups is 1. The lowest BCUT2D eigenvalue weighted by atomic mass is 9.92. The number of nitrogens with one attached hydrogen (secondary N) is 1. The van der Waals surface area contributed by atoms with Crippen molar-refractivity contribution in [1.29, 1.82) is 0 Å². The molecule has 7 heteroatoms. The van der Waals surface area contributed by atoms with Crippen LogP contribution in [0.1, 0.15) is 21.1 Å². The first kappa shape index (κ1) is 23.3. The fraction of sp³-hybridized carbons (Fsp3) is 0.0625. The van der Waals surface area contributed by atoms with Gasteiger partial charge in [-0.15, -0.1) is 11.3 Å². The quantitative estimate of drug-likeness (QED) is 0.257. The third-order valence-electron chi connectivity index (χ3n) is 6.87. The van der Waals surface area contributed by atoms with E-state index in [1.165, 1.54) is 0 Å². The van der Waals surface area contributed by atoms with Crippen LogP contribution >= 0.6 is 11.3 Å². The molecular formula is C32H23N5OS. The Morgan fingerprint density at radius 3 is 2.33 bits per heavy atom. The number of carbonyl (C=O) groups excluding carboxylic acids is 1. The number of thiazole rings is 1. The second kappa shape index (κ2) is 9.45. The minimum atomic E-state index is -0.172. The fourth-order valence-electron chi connectivity index (χ4n) is 5.17. The first-order valence-corrected chi connectivity index (χ1v) is 13.5. The van der Waals surface area contributed by atoms with Gasteiger partial charge in [-0.2, -0.15) is 9.78 Å². The van der Waals surface area contributed by atoms with Crippen molar-refractivity contribution in [2.75, 3.05) is 5.32 Å². The predicted octanol–water partition coefficient (Wildman–Crippen LogP) is 7.25. The fourth-order valence-corrected chi connectivity index (χ4v) is 6.04. The van der Waals surface area contributed by atoms with Crippen LogP contribution in [-0.4, -0.2) is 25.7 Å². The van der Waals surface area contributed by atoms with Gasteiger partial charge in [-0.1, -0.05) is 72.8 Å². The van der Waals surface area contributed by atoms with Crippen molar-refractivity contribution in [3.63, 3.8) is 0 Å². The summed E-state index contributed by atoms with van der Waals surface area (Å²) >= 11 is 1.62.